The van der Waals surface area contributed by atoms with E-state index in [1.54, 1.807) is 0 Å². The van der Waals surface area contributed by atoms with E-state index < -0.39 is 0 Å². The molecule has 1 fully saturated rings. The molecule has 116 valence electrons. The fourth-order valence-electron chi connectivity index (χ4n) is 2.45. The van der Waals surface area contributed by atoms with Gasteiger partial charge in [0.1, 0.15) is 6.04 Å². The van der Waals surface area contributed by atoms with Gasteiger partial charge in [0.2, 0.25) is 5.91 Å². The Bertz CT molecular complexity index is 488. The van der Waals surface area contributed by atoms with Gasteiger partial charge >= 0.3 is 0 Å². The molecule has 1 amide bonds. The maximum Gasteiger partial charge on any atom is 0.239 e. The second-order valence-electron chi connectivity index (χ2n) is 6.12. The summed E-state index contributed by atoms with van der Waals surface area (Å²) in [5.74, 6) is -0.00996. The molecule has 0 radical (unpaired) electrons. The van der Waals surface area contributed by atoms with E-state index in [1.807, 2.05) is 31.2 Å². The summed E-state index contributed by atoms with van der Waals surface area (Å²) < 4.78 is 5.50. The van der Waals surface area contributed by atoms with Crippen molar-refractivity contribution in [3.05, 3.63) is 34.9 Å². The molecule has 0 aromatic heterocycles. The van der Waals surface area contributed by atoms with E-state index in [0.717, 1.165) is 10.6 Å². The third-order valence-corrected chi connectivity index (χ3v) is 4.18. The molecule has 1 aromatic carbocycles. The maximum atomic E-state index is 12.3. The highest BCUT2D eigenvalue weighted by Crippen LogP contribution is 2.24. The topological polar surface area (TPSA) is 50.4 Å². The van der Waals surface area contributed by atoms with Gasteiger partial charge in [-0.05, 0) is 24.6 Å². The van der Waals surface area contributed by atoms with Crippen molar-refractivity contribution in [1.82, 2.24) is 10.6 Å². The lowest BCUT2D eigenvalue weighted by Gasteiger charge is -2.31. The van der Waals surface area contributed by atoms with Crippen LogP contribution < -0.4 is 10.6 Å². The predicted molar refractivity (Wildman–Crippen MR) is 84.7 cm³/mol. The first-order valence-electron chi connectivity index (χ1n) is 7.29. The van der Waals surface area contributed by atoms with E-state index >= 15 is 0 Å². The number of halogens is 1. The van der Waals surface area contributed by atoms with Crippen LogP contribution in [0.25, 0.3) is 0 Å². The Kier molecular flexibility index (Phi) is 5.25. The molecule has 2 rings (SSSR count). The Balaban J connectivity index is 1.94. The van der Waals surface area contributed by atoms with Crippen LogP contribution >= 0.6 is 11.6 Å². The van der Waals surface area contributed by atoms with Crippen molar-refractivity contribution in [3.63, 3.8) is 0 Å². The summed E-state index contributed by atoms with van der Waals surface area (Å²) in [6, 6.07) is 7.47. The van der Waals surface area contributed by atoms with E-state index in [-0.39, 0.29) is 23.5 Å². The van der Waals surface area contributed by atoms with E-state index in [2.05, 4.69) is 24.5 Å². The van der Waals surface area contributed by atoms with Crippen molar-refractivity contribution < 1.29 is 9.53 Å². The number of ether oxygens (including phenoxy) is 1. The van der Waals surface area contributed by atoms with Crippen LogP contribution in [0.5, 0.6) is 0 Å². The molecular formula is C16H23ClN2O2. The fraction of sp³-hybridized carbons (Fsp3) is 0.562. The number of amides is 1. The minimum atomic E-state index is -0.278. The summed E-state index contributed by atoms with van der Waals surface area (Å²) in [7, 11) is 0. The second kappa shape index (κ2) is 6.77. The molecule has 1 heterocycles. The second-order valence-corrected chi connectivity index (χ2v) is 6.55. The molecule has 1 aliphatic heterocycles. The number of morpholine rings is 1. The minimum Gasteiger partial charge on any atom is -0.375 e. The van der Waals surface area contributed by atoms with Crippen LogP contribution in [-0.2, 0) is 14.9 Å². The SMILES string of the molecule is C[C@H]1OCCN[C@@H]1C(=O)NCC(C)(C)c1ccc(Cl)cc1. The van der Waals surface area contributed by atoms with Crippen molar-refractivity contribution in [2.24, 2.45) is 0 Å². The largest absolute Gasteiger partial charge is 0.375 e. The molecule has 1 aliphatic rings. The molecule has 1 saturated heterocycles. The Morgan fingerprint density at radius 3 is 2.71 bits per heavy atom. The molecule has 2 N–H and O–H groups in total. The van der Waals surface area contributed by atoms with Crippen molar-refractivity contribution in [2.75, 3.05) is 19.7 Å². The number of nitrogens with one attached hydrogen (secondary N) is 2. The average Bonchev–Trinajstić information content (AvgIpc) is 2.46. The van der Waals surface area contributed by atoms with Crippen LogP contribution in [0.15, 0.2) is 24.3 Å². The molecule has 0 saturated carbocycles. The number of benzene rings is 1. The van der Waals surface area contributed by atoms with E-state index in [9.17, 15) is 4.79 Å². The van der Waals surface area contributed by atoms with E-state index in [1.165, 1.54) is 0 Å². The standard InChI is InChI=1S/C16H23ClN2O2/c1-11-14(18-8-9-21-11)15(20)19-10-16(2,3)12-4-6-13(17)7-5-12/h4-7,11,14,18H,8-10H2,1-3H3,(H,19,20)/t11-,14+/m1/s1. The maximum absolute atomic E-state index is 12.3. The normalized spacial score (nSPS) is 22.9. The first kappa shape index (κ1) is 16.3. The van der Waals surface area contributed by atoms with Crippen molar-refractivity contribution in [3.8, 4) is 0 Å². The first-order chi connectivity index (χ1) is 9.90. The summed E-state index contributed by atoms with van der Waals surface area (Å²) in [6.07, 6.45) is -0.0996. The van der Waals surface area contributed by atoms with Gasteiger partial charge in [-0.3, -0.25) is 4.79 Å². The summed E-state index contributed by atoms with van der Waals surface area (Å²) in [6.45, 7) is 8.05. The van der Waals surface area contributed by atoms with Gasteiger partial charge in [-0.25, -0.2) is 0 Å². The minimum absolute atomic E-state index is 0.00996. The number of hydrogen-bond donors (Lipinski definition) is 2. The smallest absolute Gasteiger partial charge is 0.239 e. The Morgan fingerprint density at radius 2 is 2.10 bits per heavy atom. The molecule has 5 heteroatoms. The van der Waals surface area contributed by atoms with Gasteiger partial charge in [0.15, 0.2) is 0 Å². The van der Waals surface area contributed by atoms with Gasteiger partial charge in [-0.2, -0.15) is 0 Å². The van der Waals surface area contributed by atoms with Gasteiger partial charge in [0, 0.05) is 23.5 Å². The number of carbonyl (C=O) groups excluding carboxylic acids is 1. The van der Waals surface area contributed by atoms with E-state index in [0.29, 0.717) is 19.7 Å². The van der Waals surface area contributed by atoms with Crippen LogP contribution in [0.3, 0.4) is 0 Å². The summed E-state index contributed by atoms with van der Waals surface area (Å²) in [5.41, 5.74) is 0.993. The molecule has 0 aliphatic carbocycles. The Hall–Kier alpha value is -1.10. The Morgan fingerprint density at radius 1 is 1.43 bits per heavy atom. The third kappa shape index (κ3) is 4.19. The van der Waals surface area contributed by atoms with Gasteiger partial charge in [0.25, 0.3) is 0 Å². The first-order valence-corrected chi connectivity index (χ1v) is 7.67. The molecular weight excluding hydrogens is 288 g/mol. The Labute approximate surface area is 131 Å². The van der Waals surface area contributed by atoms with Crippen LogP contribution in [-0.4, -0.2) is 37.7 Å². The van der Waals surface area contributed by atoms with Crippen LogP contribution in [0, 0.1) is 0 Å². The molecule has 1 aromatic rings. The lowest BCUT2D eigenvalue weighted by molar-refractivity contribution is -0.129. The third-order valence-electron chi connectivity index (χ3n) is 3.93. The highest BCUT2D eigenvalue weighted by atomic mass is 35.5. The van der Waals surface area contributed by atoms with Gasteiger partial charge < -0.3 is 15.4 Å². The average molecular weight is 311 g/mol. The molecule has 4 nitrogen and oxygen atoms in total. The summed E-state index contributed by atoms with van der Waals surface area (Å²) in [5, 5.41) is 6.94. The number of hydrogen-bond acceptors (Lipinski definition) is 3. The van der Waals surface area contributed by atoms with Crippen LogP contribution in [0.1, 0.15) is 26.3 Å². The van der Waals surface area contributed by atoms with Crippen molar-refractivity contribution in [2.45, 2.75) is 38.3 Å². The fourth-order valence-corrected chi connectivity index (χ4v) is 2.57. The van der Waals surface area contributed by atoms with E-state index in [4.69, 9.17) is 16.3 Å². The van der Waals surface area contributed by atoms with Crippen molar-refractivity contribution >= 4 is 17.5 Å². The molecule has 2 atom stereocenters. The predicted octanol–water partition coefficient (Wildman–Crippen LogP) is 2.11. The molecule has 21 heavy (non-hydrogen) atoms. The van der Waals surface area contributed by atoms with Crippen LogP contribution in [0.2, 0.25) is 5.02 Å². The number of carbonyl (C=O) groups is 1. The summed E-state index contributed by atoms with van der Waals surface area (Å²) in [4.78, 5) is 12.3. The number of rotatable bonds is 4. The zero-order valence-electron chi connectivity index (χ0n) is 12.8. The zero-order valence-corrected chi connectivity index (χ0v) is 13.5. The molecule has 0 spiro atoms. The molecule has 0 unspecified atom stereocenters. The summed E-state index contributed by atoms with van der Waals surface area (Å²) >= 11 is 5.91. The van der Waals surface area contributed by atoms with Gasteiger partial charge in [0.05, 0.1) is 12.7 Å². The van der Waals surface area contributed by atoms with Crippen molar-refractivity contribution in [1.29, 1.82) is 0 Å². The lowest BCUT2D eigenvalue weighted by Crippen LogP contribution is -2.56. The monoisotopic (exact) mass is 310 g/mol. The van der Waals surface area contributed by atoms with Crippen LogP contribution in [0.4, 0.5) is 0 Å². The molecule has 0 bridgehead atoms. The quantitative estimate of drug-likeness (QED) is 0.895. The highest BCUT2D eigenvalue weighted by Gasteiger charge is 2.30. The lowest BCUT2D eigenvalue weighted by atomic mass is 9.84. The van der Waals surface area contributed by atoms with Gasteiger partial charge in [-0.15, -0.1) is 0 Å². The zero-order chi connectivity index (χ0) is 15.5. The highest BCUT2D eigenvalue weighted by molar-refractivity contribution is 6.30. The van der Waals surface area contributed by atoms with Gasteiger partial charge in [-0.1, -0.05) is 37.6 Å².